The van der Waals surface area contributed by atoms with Gasteiger partial charge in [0.1, 0.15) is 5.78 Å². The van der Waals surface area contributed by atoms with Crippen LogP contribution in [0.3, 0.4) is 0 Å². The Kier molecular flexibility index (Phi) is 10.5. The summed E-state index contributed by atoms with van der Waals surface area (Å²) in [5.41, 5.74) is 0. The zero-order valence-corrected chi connectivity index (χ0v) is 19.5. The number of ketones is 1. The molecule has 0 aromatic heterocycles. The number of hydrogen-bond donors (Lipinski definition) is 0. The number of carbonyl (C=O) groups excluding carboxylic acids is 2. The molecule has 0 aromatic rings. The first-order valence-electron chi connectivity index (χ1n) is 12.1. The Morgan fingerprint density at radius 1 is 1.07 bits per heavy atom. The molecule has 1 aliphatic carbocycles. The largest absolute Gasteiger partial charge is 0.463 e. The molecule has 1 heterocycles. The molecule has 1 saturated heterocycles. The van der Waals surface area contributed by atoms with Crippen molar-refractivity contribution in [2.24, 2.45) is 11.8 Å². The van der Waals surface area contributed by atoms with Crippen molar-refractivity contribution < 1.29 is 23.8 Å². The molecule has 2 fully saturated rings. The monoisotopic (exact) mass is 422 g/mol. The number of unbranched alkanes of at least 4 members (excludes halogenated alkanes) is 3. The molecule has 0 aromatic carbocycles. The van der Waals surface area contributed by atoms with E-state index < -0.39 is 5.79 Å². The summed E-state index contributed by atoms with van der Waals surface area (Å²) in [5, 5.41) is 0. The SMILES string of the molecule is CCCCC1OC(C)(C)OC1CC[C@H]1CCC(=O)[C@@H]1CCCCC=CC(=O)OCC. The third kappa shape index (κ3) is 8.14. The highest BCUT2D eigenvalue weighted by Crippen LogP contribution is 2.39. The maximum atomic E-state index is 12.4. The molecule has 0 amide bonds. The van der Waals surface area contributed by atoms with E-state index in [2.05, 4.69) is 6.92 Å². The number of carbonyl (C=O) groups is 2. The Morgan fingerprint density at radius 2 is 1.80 bits per heavy atom. The molecule has 0 bridgehead atoms. The molecule has 2 unspecified atom stereocenters. The van der Waals surface area contributed by atoms with Crippen molar-refractivity contribution in [3.8, 4) is 0 Å². The summed E-state index contributed by atoms with van der Waals surface area (Å²) in [6.07, 6.45) is 14.7. The molecule has 30 heavy (non-hydrogen) atoms. The van der Waals surface area contributed by atoms with Gasteiger partial charge in [0.05, 0.1) is 18.8 Å². The van der Waals surface area contributed by atoms with Crippen molar-refractivity contribution in [2.45, 2.75) is 116 Å². The fraction of sp³-hybridized carbons (Fsp3) is 0.840. The third-order valence-corrected chi connectivity index (χ3v) is 6.37. The van der Waals surface area contributed by atoms with Gasteiger partial charge >= 0.3 is 5.97 Å². The highest BCUT2D eigenvalue weighted by Gasteiger charge is 2.42. The molecule has 4 atom stereocenters. The quantitative estimate of drug-likeness (QED) is 0.215. The lowest BCUT2D eigenvalue weighted by molar-refractivity contribution is -0.147. The summed E-state index contributed by atoms with van der Waals surface area (Å²) in [6.45, 7) is 8.42. The number of rotatable bonds is 13. The number of Topliss-reactive ketones (excluding diaryl/α,β-unsaturated/α-hetero) is 1. The summed E-state index contributed by atoms with van der Waals surface area (Å²) in [7, 11) is 0. The van der Waals surface area contributed by atoms with Gasteiger partial charge < -0.3 is 14.2 Å². The maximum Gasteiger partial charge on any atom is 0.330 e. The van der Waals surface area contributed by atoms with Crippen molar-refractivity contribution >= 4 is 11.8 Å². The molecule has 172 valence electrons. The second kappa shape index (κ2) is 12.6. The van der Waals surface area contributed by atoms with Gasteiger partial charge in [0.15, 0.2) is 5.79 Å². The Morgan fingerprint density at radius 3 is 2.50 bits per heavy atom. The molecule has 0 N–H and O–H groups in total. The van der Waals surface area contributed by atoms with Gasteiger partial charge in [0.2, 0.25) is 0 Å². The minimum atomic E-state index is -0.495. The topological polar surface area (TPSA) is 61.8 Å². The Balaban J connectivity index is 1.74. The molecule has 5 nitrogen and oxygen atoms in total. The Bertz CT molecular complexity index is 568. The van der Waals surface area contributed by atoms with Crippen LogP contribution in [0.25, 0.3) is 0 Å². The zero-order chi connectivity index (χ0) is 22.0. The summed E-state index contributed by atoms with van der Waals surface area (Å²) in [6, 6.07) is 0. The predicted molar refractivity (Wildman–Crippen MR) is 118 cm³/mol. The van der Waals surface area contributed by atoms with Crippen molar-refractivity contribution in [3.63, 3.8) is 0 Å². The van der Waals surface area contributed by atoms with Gasteiger partial charge in [-0.15, -0.1) is 0 Å². The minimum absolute atomic E-state index is 0.149. The Labute approximate surface area is 182 Å². The maximum absolute atomic E-state index is 12.4. The zero-order valence-electron chi connectivity index (χ0n) is 19.5. The Hall–Kier alpha value is -1.20. The molecule has 1 aliphatic heterocycles. The average Bonchev–Trinajstić information content (AvgIpc) is 3.19. The van der Waals surface area contributed by atoms with E-state index in [9.17, 15) is 9.59 Å². The molecule has 0 spiro atoms. The minimum Gasteiger partial charge on any atom is -0.463 e. The van der Waals surface area contributed by atoms with E-state index in [1.165, 1.54) is 12.5 Å². The smallest absolute Gasteiger partial charge is 0.330 e. The van der Waals surface area contributed by atoms with Crippen LogP contribution in [-0.4, -0.2) is 36.4 Å². The van der Waals surface area contributed by atoms with Crippen molar-refractivity contribution in [2.75, 3.05) is 6.61 Å². The average molecular weight is 423 g/mol. The van der Waals surface area contributed by atoms with Gasteiger partial charge in [-0.2, -0.15) is 0 Å². The summed E-state index contributed by atoms with van der Waals surface area (Å²) in [5.74, 6) is 0.344. The molecule has 2 aliphatic rings. The van der Waals surface area contributed by atoms with Crippen LogP contribution in [0.1, 0.15) is 98.3 Å². The first kappa shape index (κ1) is 25.1. The van der Waals surface area contributed by atoms with Crippen LogP contribution >= 0.6 is 0 Å². The number of hydrogen-bond acceptors (Lipinski definition) is 5. The van der Waals surface area contributed by atoms with Crippen LogP contribution in [-0.2, 0) is 23.8 Å². The molecule has 2 rings (SSSR count). The van der Waals surface area contributed by atoms with Crippen molar-refractivity contribution in [3.05, 3.63) is 12.2 Å². The van der Waals surface area contributed by atoms with E-state index in [1.54, 1.807) is 6.92 Å². The van der Waals surface area contributed by atoms with Crippen LogP contribution in [0, 0.1) is 11.8 Å². The summed E-state index contributed by atoms with van der Waals surface area (Å²) >= 11 is 0. The summed E-state index contributed by atoms with van der Waals surface area (Å²) in [4.78, 5) is 23.7. The second-order valence-corrected chi connectivity index (χ2v) is 9.24. The van der Waals surface area contributed by atoms with Crippen LogP contribution in [0.5, 0.6) is 0 Å². The van der Waals surface area contributed by atoms with Crippen LogP contribution in [0.15, 0.2) is 12.2 Å². The van der Waals surface area contributed by atoms with E-state index in [1.807, 2.05) is 19.9 Å². The van der Waals surface area contributed by atoms with Gasteiger partial charge in [-0.3, -0.25) is 4.79 Å². The van der Waals surface area contributed by atoms with E-state index in [4.69, 9.17) is 14.2 Å². The summed E-state index contributed by atoms with van der Waals surface area (Å²) < 4.78 is 17.2. The van der Waals surface area contributed by atoms with E-state index in [0.717, 1.165) is 64.2 Å². The highest BCUT2D eigenvalue weighted by molar-refractivity contribution is 5.83. The first-order chi connectivity index (χ1) is 14.4. The number of esters is 1. The van der Waals surface area contributed by atoms with E-state index >= 15 is 0 Å². The van der Waals surface area contributed by atoms with Crippen LogP contribution in [0.4, 0.5) is 0 Å². The molecular weight excluding hydrogens is 380 g/mol. The fourth-order valence-electron chi connectivity index (χ4n) is 4.90. The molecular formula is C25H42O5. The van der Waals surface area contributed by atoms with Gasteiger partial charge in [-0.1, -0.05) is 32.3 Å². The third-order valence-electron chi connectivity index (χ3n) is 6.37. The van der Waals surface area contributed by atoms with Gasteiger partial charge in [0.25, 0.3) is 0 Å². The number of ether oxygens (including phenoxy) is 3. The predicted octanol–water partition coefficient (Wildman–Crippen LogP) is 5.75. The lowest BCUT2D eigenvalue weighted by Crippen LogP contribution is -2.24. The standard InChI is InChI=1S/C25H42O5/c1-5-7-13-22-23(30-25(3,4)29-22)18-16-19-15-17-21(26)20(19)12-10-8-9-11-14-24(27)28-6-2/h11,14,19-20,22-23H,5-10,12-13,15-18H2,1-4H3/t19-,20-,22?,23?/m1/s1. The molecule has 5 heteroatoms. The lowest BCUT2D eigenvalue weighted by Gasteiger charge is -2.22. The van der Waals surface area contributed by atoms with Gasteiger partial charge in [-0.05, 0) is 71.6 Å². The van der Waals surface area contributed by atoms with Crippen LogP contribution in [0.2, 0.25) is 0 Å². The normalized spacial score (nSPS) is 28.5. The number of allylic oxidation sites excluding steroid dienone is 1. The second-order valence-electron chi connectivity index (χ2n) is 9.24. The van der Waals surface area contributed by atoms with E-state index in [-0.39, 0.29) is 24.1 Å². The fourth-order valence-corrected chi connectivity index (χ4v) is 4.90. The van der Waals surface area contributed by atoms with Crippen LogP contribution < -0.4 is 0 Å². The molecule has 1 saturated carbocycles. The molecule has 0 radical (unpaired) electrons. The van der Waals surface area contributed by atoms with Crippen molar-refractivity contribution in [1.82, 2.24) is 0 Å². The lowest BCUT2D eigenvalue weighted by atomic mass is 9.85. The van der Waals surface area contributed by atoms with Gasteiger partial charge in [-0.25, -0.2) is 4.79 Å². The first-order valence-corrected chi connectivity index (χ1v) is 12.1. The highest BCUT2D eigenvalue weighted by atomic mass is 16.7. The van der Waals surface area contributed by atoms with Crippen molar-refractivity contribution in [1.29, 1.82) is 0 Å². The van der Waals surface area contributed by atoms with Gasteiger partial charge in [0, 0.05) is 18.4 Å². The van der Waals surface area contributed by atoms with E-state index in [0.29, 0.717) is 18.3 Å².